The second-order valence-electron chi connectivity index (χ2n) is 15.7. The number of fused-ring (bicyclic) bond motifs is 4. The molecule has 0 spiro atoms. The zero-order chi connectivity index (χ0) is 35.8. The van der Waals surface area contributed by atoms with Gasteiger partial charge in [-0.25, -0.2) is 15.0 Å². The van der Waals surface area contributed by atoms with Gasteiger partial charge in [-0.3, -0.25) is 0 Å². The Morgan fingerprint density at radius 3 is 1.46 bits per heavy atom. The van der Waals surface area contributed by atoms with E-state index in [1.165, 1.54) is 27.8 Å². The maximum atomic E-state index is 6.54. The molecule has 0 saturated heterocycles. The number of hydrogen-bond acceptors (Lipinski definition) is 4. The van der Waals surface area contributed by atoms with Crippen LogP contribution in [0.15, 0.2) is 144 Å². The number of hydrogen-bond donors (Lipinski definition) is 0. The molecule has 0 aliphatic heterocycles. The maximum Gasteiger partial charge on any atom is 0.164 e. The van der Waals surface area contributed by atoms with Crippen molar-refractivity contribution in [3.63, 3.8) is 0 Å². The molecule has 254 valence electrons. The highest BCUT2D eigenvalue weighted by molar-refractivity contribution is 6.13. The summed E-state index contributed by atoms with van der Waals surface area (Å²) in [4.78, 5) is 15.1. The first kappa shape index (κ1) is 32.1. The van der Waals surface area contributed by atoms with Crippen molar-refractivity contribution in [2.45, 2.75) is 52.4 Å². The predicted octanol–water partition coefficient (Wildman–Crippen LogP) is 12.7. The largest absolute Gasteiger partial charge is 0.456 e. The highest BCUT2D eigenvalue weighted by Gasteiger charge is 2.57. The second kappa shape index (κ2) is 11.6. The van der Waals surface area contributed by atoms with Gasteiger partial charge >= 0.3 is 0 Å². The van der Waals surface area contributed by atoms with Crippen LogP contribution in [-0.4, -0.2) is 15.0 Å². The van der Waals surface area contributed by atoms with Crippen LogP contribution in [0, 0.1) is 5.41 Å². The van der Waals surface area contributed by atoms with E-state index in [-0.39, 0.29) is 16.2 Å². The lowest BCUT2D eigenvalue weighted by atomic mass is 9.59. The third-order valence-corrected chi connectivity index (χ3v) is 12.5. The molecular weight excluding hydrogens is 635 g/mol. The summed E-state index contributed by atoms with van der Waals surface area (Å²) in [5.41, 5.74) is 12.1. The number of furan rings is 1. The fourth-order valence-electron chi connectivity index (χ4n) is 8.29. The molecule has 0 bridgehead atoms. The molecule has 4 heteroatoms. The van der Waals surface area contributed by atoms with E-state index in [9.17, 15) is 0 Å². The molecule has 1 aliphatic rings. The van der Waals surface area contributed by atoms with E-state index in [1.807, 2.05) is 72.8 Å². The van der Waals surface area contributed by atoms with Crippen LogP contribution in [0.1, 0.15) is 52.7 Å². The Morgan fingerprint density at radius 1 is 0.404 bits per heavy atom. The lowest BCUT2D eigenvalue weighted by Gasteiger charge is -2.44. The van der Waals surface area contributed by atoms with E-state index >= 15 is 0 Å². The SMILES string of the molecule is CC1(C)c2cc(-c3ccccc3)c(-c3ccc4oc5cccc(-c6nc(-c7ccccc7)nc(-c7ccccc7)n6)c5c4c3)cc2C(C)(C)C1(C)C. The summed E-state index contributed by atoms with van der Waals surface area (Å²) in [7, 11) is 0. The molecule has 2 heterocycles. The summed E-state index contributed by atoms with van der Waals surface area (Å²) in [5, 5.41) is 2.03. The highest BCUT2D eigenvalue weighted by atomic mass is 16.3. The highest BCUT2D eigenvalue weighted by Crippen LogP contribution is 2.62. The first-order chi connectivity index (χ1) is 25.0. The molecule has 8 aromatic rings. The monoisotopic (exact) mass is 675 g/mol. The number of benzene rings is 6. The predicted molar refractivity (Wildman–Crippen MR) is 214 cm³/mol. The minimum Gasteiger partial charge on any atom is -0.456 e. The van der Waals surface area contributed by atoms with Crippen LogP contribution in [-0.2, 0) is 10.8 Å². The van der Waals surface area contributed by atoms with Gasteiger partial charge in [0, 0.05) is 27.5 Å². The van der Waals surface area contributed by atoms with Crippen LogP contribution in [0.25, 0.3) is 78.4 Å². The van der Waals surface area contributed by atoms with E-state index in [0.717, 1.165) is 44.2 Å². The van der Waals surface area contributed by atoms with Crippen LogP contribution in [0.5, 0.6) is 0 Å². The lowest BCUT2D eigenvalue weighted by Crippen LogP contribution is -2.42. The molecule has 0 fully saturated rings. The van der Waals surface area contributed by atoms with Crippen LogP contribution in [0.2, 0.25) is 0 Å². The Labute approximate surface area is 305 Å². The Kier molecular flexibility index (Phi) is 7.14. The minimum absolute atomic E-state index is 0.00471. The molecule has 4 nitrogen and oxygen atoms in total. The maximum absolute atomic E-state index is 6.54. The van der Waals surface area contributed by atoms with Gasteiger partial charge in [-0.1, -0.05) is 151 Å². The van der Waals surface area contributed by atoms with Crippen molar-refractivity contribution in [3.8, 4) is 56.4 Å². The Hall–Kier alpha value is -5.87. The van der Waals surface area contributed by atoms with Crippen molar-refractivity contribution >= 4 is 21.9 Å². The average Bonchev–Trinajstić information content (AvgIpc) is 3.60. The Morgan fingerprint density at radius 2 is 0.904 bits per heavy atom. The normalized spacial score (nSPS) is 15.6. The van der Waals surface area contributed by atoms with E-state index in [1.54, 1.807) is 0 Å². The summed E-state index contributed by atoms with van der Waals surface area (Å²) in [6, 6.07) is 48.8. The molecule has 1 aliphatic carbocycles. The fourth-order valence-corrected chi connectivity index (χ4v) is 8.29. The summed E-state index contributed by atoms with van der Waals surface area (Å²) in [6.07, 6.45) is 0. The summed E-state index contributed by atoms with van der Waals surface area (Å²) < 4.78 is 6.54. The Balaban J connectivity index is 1.29. The summed E-state index contributed by atoms with van der Waals surface area (Å²) in [5.74, 6) is 1.88. The van der Waals surface area contributed by atoms with E-state index in [4.69, 9.17) is 19.4 Å². The smallest absolute Gasteiger partial charge is 0.164 e. The molecule has 0 radical (unpaired) electrons. The molecule has 6 aromatic carbocycles. The molecule has 0 N–H and O–H groups in total. The van der Waals surface area contributed by atoms with Crippen molar-refractivity contribution in [3.05, 3.63) is 151 Å². The van der Waals surface area contributed by atoms with E-state index in [2.05, 4.69) is 108 Å². The summed E-state index contributed by atoms with van der Waals surface area (Å²) in [6.45, 7) is 14.5. The second-order valence-corrected chi connectivity index (χ2v) is 15.7. The van der Waals surface area contributed by atoms with Gasteiger partial charge in [0.1, 0.15) is 11.2 Å². The van der Waals surface area contributed by atoms with Crippen LogP contribution in [0.4, 0.5) is 0 Å². The van der Waals surface area contributed by atoms with Crippen molar-refractivity contribution in [1.82, 2.24) is 15.0 Å². The van der Waals surface area contributed by atoms with E-state index in [0.29, 0.717) is 17.5 Å². The van der Waals surface area contributed by atoms with Crippen molar-refractivity contribution < 1.29 is 4.42 Å². The van der Waals surface area contributed by atoms with Gasteiger partial charge in [-0.15, -0.1) is 0 Å². The molecule has 9 rings (SSSR count). The van der Waals surface area contributed by atoms with Gasteiger partial charge in [0.05, 0.1) is 0 Å². The zero-order valence-electron chi connectivity index (χ0n) is 30.5. The standard InChI is InChI=1S/C48H41N3O/c1-46(2)38-28-35(30-17-10-7-11-18-30)36(29-39(38)47(3,4)48(46,5)6)33-25-26-40-37(27-33)42-34(23-16-24-41(42)52-40)45-50-43(31-19-12-8-13-20-31)49-44(51-45)32-21-14-9-15-22-32/h7-29H,1-6H3. The molecule has 0 saturated carbocycles. The third-order valence-electron chi connectivity index (χ3n) is 12.5. The number of nitrogens with zero attached hydrogens (tertiary/aromatic N) is 3. The lowest BCUT2D eigenvalue weighted by molar-refractivity contribution is 0.125. The van der Waals surface area contributed by atoms with Crippen molar-refractivity contribution in [2.24, 2.45) is 5.41 Å². The molecule has 2 aromatic heterocycles. The van der Waals surface area contributed by atoms with Gasteiger partial charge < -0.3 is 4.42 Å². The van der Waals surface area contributed by atoms with Crippen LogP contribution in [0.3, 0.4) is 0 Å². The van der Waals surface area contributed by atoms with Gasteiger partial charge in [0.2, 0.25) is 0 Å². The first-order valence-corrected chi connectivity index (χ1v) is 18.1. The average molecular weight is 676 g/mol. The molecule has 52 heavy (non-hydrogen) atoms. The topological polar surface area (TPSA) is 51.8 Å². The fraction of sp³-hybridized carbons (Fsp3) is 0.188. The molecule has 0 amide bonds. The minimum atomic E-state index is -0.0268. The first-order valence-electron chi connectivity index (χ1n) is 18.1. The molecule has 0 atom stereocenters. The van der Waals surface area contributed by atoms with Gasteiger partial charge in [-0.05, 0) is 80.0 Å². The van der Waals surface area contributed by atoms with Gasteiger partial charge in [0.25, 0.3) is 0 Å². The molecule has 0 unspecified atom stereocenters. The van der Waals surface area contributed by atoms with Crippen LogP contribution >= 0.6 is 0 Å². The summed E-state index contributed by atoms with van der Waals surface area (Å²) >= 11 is 0. The van der Waals surface area contributed by atoms with Gasteiger partial charge in [-0.2, -0.15) is 0 Å². The third kappa shape index (κ3) is 4.77. The molecular formula is C48H41N3O. The van der Waals surface area contributed by atoms with Crippen molar-refractivity contribution in [2.75, 3.05) is 0 Å². The quantitative estimate of drug-likeness (QED) is 0.182. The van der Waals surface area contributed by atoms with E-state index < -0.39 is 0 Å². The zero-order valence-corrected chi connectivity index (χ0v) is 30.5. The number of rotatable bonds is 5. The van der Waals surface area contributed by atoms with Crippen LogP contribution < -0.4 is 0 Å². The Bertz CT molecular complexity index is 2580. The van der Waals surface area contributed by atoms with Gasteiger partial charge in [0.15, 0.2) is 17.5 Å². The number of aromatic nitrogens is 3. The van der Waals surface area contributed by atoms with Crippen molar-refractivity contribution in [1.29, 1.82) is 0 Å².